The van der Waals surface area contributed by atoms with Gasteiger partial charge in [0.25, 0.3) is 0 Å². The number of esters is 1. The van der Waals surface area contributed by atoms with Gasteiger partial charge in [0, 0.05) is 0 Å². The average molecular weight is 214 g/mol. The summed E-state index contributed by atoms with van der Waals surface area (Å²) in [5, 5.41) is 10.1. The molecule has 1 aliphatic rings. The van der Waals surface area contributed by atoms with E-state index in [2.05, 4.69) is 0 Å². The third-order valence-electron chi connectivity index (χ3n) is 3.37. The standard InChI is InChI=1S/C12H22O3/c1-4-9(2)11(13)15-10-7-5-6-8-12(10,3)14/h9-10,14H,4-8H2,1-3H3. The molecule has 0 saturated heterocycles. The summed E-state index contributed by atoms with van der Waals surface area (Å²) in [4.78, 5) is 11.6. The Bertz CT molecular complexity index is 223. The van der Waals surface area contributed by atoms with E-state index in [0.29, 0.717) is 0 Å². The highest BCUT2D eigenvalue weighted by Gasteiger charge is 2.37. The fraction of sp³-hybridized carbons (Fsp3) is 0.917. The molecule has 1 saturated carbocycles. The molecule has 0 aromatic rings. The van der Waals surface area contributed by atoms with Crippen molar-refractivity contribution in [2.45, 2.75) is 64.6 Å². The van der Waals surface area contributed by atoms with Gasteiger partial charge in [-0.15, -0.1) is 0 Å². The number of hydrogen-bond acceptors (Lipinski definition) is 3. The Morgan fingerprint density at radius 2 is 2.27 bits per heavy atom. The van der Waals surface area contributed by atoms with Crippen LogP contribution in [0.5, 0.6) is 0 Å². The van der Waals surface area contributed by atoms with Crippen LogP contribution in [0, 0.1) is 5.92 Å². The first-order valence-corrected chi connectivity index (χ1v) is 5.90. The molecule has 0 radical (unpaired) electrons. The number of ether oxygens (including phenoxy) is 1. The Morgan fingerprint density at radius 1 is 1.60 bits per heavy atom. The monoisotopic (exact) mass is 214 g/mol. The van der Waals surface area contributed by atoms with E-state index in [1.54, 1.807) is 6.92 Å². The molecule has 3 unspecified atom stereocenters. The van der Waals surface area contributed by atoms with Gasteiger partial charge < -0.3 is 9.84 Å². The largest absolute Gasteiger partial charge is 0.459 e. The van der Waals surface area contributed by atoms with Gasteiger partial charge in [-0.25, -0.2) is 0 Å². The summed E-state index contributed by atoms with van der Waals surface area (Å²) in [7, 11) is 0. The first kappa shape index (κ1) is 12.5. The van der Waals surface area contributed by atoms with Crippen LogP contribution < -0.4 is 0 Å². The van der Waals surface area contributed by atoms with E-state index in [1.807, 2.05) is 13.8 Å². The Balaban J connectivity index is 2.52. The minimum Gasteiger partial charge on any atom is -0.459 e. The van der Waals surface area contributed by atoms with Crippen LogP contribution in [0.25, 0.3) is 0 Å². The molecule has 1 fully saturated rings. The van der Waals surface area contributed by atoms with E-state index in [4.69, 9.17) is 4.74 Å². The van der Waals surface area contributed by atoms with E-state index < -0.39 is 5.60 Å². The van der Waals surface area contributed by atoms with Gasteiger partial charge in [-0.2, -0.15) is 0 Å². The van der Waals surface area contributed by atoms with Crippen LogP contribution in [0.3, 0.4) is 0 Å². The van der Waals surface area contributed by atoms with Crippen molar-refractivity contribution in [1.82, 2.24) is 0 Å². The molecule has 3 atom stereocenters. The van der Waals surface area contributed by atoms with Crippen molar-refractivity contribution in [2.75, 3.05) is 0 Å². The lowest BCUT2D eigenvalue weighted by Crippen LogP contribution is -2.45. The number of hydrogen-bond donors (Lipinski definition) is 1. The maximum absolute atomic E-state index is 11.6. The van der Waals surface area contributed by atoms with Gasteiger partial charge in [-0.3, -0.25) is 4.79 Å². The highest BCUT2D eigenvalue weighted by Crippen LogP contribution is 2.30. The van der Waals surface area contributed by atoms with Crippen LogP contribution in [0.1, 0.15) is 52.9 Å². The molecule has 3 heteroatoms. The summed E-state index contributed by atoms with van der Waals surface area (Å²) in [6.45, 7) is 5.59. The average Bonchev–Trinajstić information content (AvgIpc) is 2.19. The molecule has 0 heterocycles. The first-order valence-electron chi connectivity index (χ1n) is 5.90. The highest BCUT2D eigenvalue weighted by molar-refractivity contribution is 5.72. The zero-order valence-electron chi connectivity index (χ0n) is 9.95. The smallest absolute Gasteiger partial charge is 0.309 e. The summed E-state index contributed by atoms with van der Waals surface area (Å²) < 4.78 is 5.37. The van der Waals surface area contributed by atoms with Gasteiger partial charge in [0.2, 0.25) is 0 Å². The first-order chi connectivity index (χ1) is 6.97. The summed E-state index contributed by atoms with van der Waals surface area (Å²) in [5.41, 5.74) is -0.832. The normalized spacial score (nSPS) is 33.5. The summed E-state index contributed by atoms with van der Waals surface area (Å²) in [5.74, 6) is -0.243. The van der Waals surface area contributed by atoms with Gasteiger partial charge >= 0.3 is 5.97 Å². The second kappa shape index (κ2) is 4.97. The molecule has 0 spiro atoms. The van der Waals surface area contributed by atoms with E-state index in [-0.39, 0.29) is 18.0 Å². The summed E-state index contributed by atoms with van der Waals surface area (Å²) in [6, 6.07) is 0. The van der Waals surface area contributed by atoms with Crippen LogP contribution in [0.2, 0.25) is 0 Å². The molecule has 1 N–H and O–H groups in total. The zero-order valence-corrected chi connectivity index (χ0v) is 9.95. The molecule has 0 amide bonds. The fourth-order valence-electron chi connectivity index (χ4n) is 1.89. The SMILES string of the molecule is CCC(C)C(=O)OC1CCCCC1(C)O. The predicted octanol–water partition coefficient (Wildman–Crippen LogP) is 2.27. The van der Waals surface area contributed by atoms with Gasteiger partial charge in [0.1, 0.15) is 6.10 Å². The topological polar surface area (TPSA) is 46.5 Å². The highest BCUT2D eigenvalue weighted by atomic mass is 16.6. The zero-order chi connectivity index (χ0) is 11.5. The van der Waals surface area contributed by atoms with Crippen molar-refractivity contribution >= 4 is 5.97 Å². The Hall–Kier alpha value is -0.570. The minimum atomic E-state index is -0.832. The molecule has 15 heavy (non-hydrogen) atoms. The van der Waals surface area contributed by atoms with Crippen LogP contribution in [-0.2, 0) is 9.53 Å². The Morgan fingerprint density at radius 3 is 2.80 bits per heavy atom. The van der Waals surface area contributed by atoms with E-state index >= 15 is 0 Å². The maximum atomic E-state index is 11.6. The lowest BCUT2D eigenvalue weighted by atomic mass is 9.83. The molecule has 1 aliphatic carbocycles. The molecule has 0 aliphatic heterocycles. The minimum absolute atomic E-state index is 0.0669. The molecule has 0 bridgehead atoms. The quantitative estimate of drug-likeness (QED) is 0.733. The third-order valence-corrected chi connectivity index (χ3v) is 3.37. The number of rotatable bonds is 3. The fourth-order valence-corrected chi connectivity index (χ4v) is 1.89. The molecule has 88 valence electrons. The van der Waals surface area contributed by atoms with E-state index in [1.165, 1.54) is 0 Å². The van der Waals surface area contributed by atoms with E-state index in [0.717, 1.165) is 32.1 Å². The molecular formula is C12H22O3. The van der Waals surface area contributed by atoms with Crippen molar-refractivity contribution in [1.29, 1.82) is 0 Å². The van der Waals surface area contributed by atoms with Crippen molar-refractivity contribution in [2.24, 2.45) is 5.92 Å². The lowest BCUT2D eigenvalue weighted by Gasteiger charge is -2.36. The van der Waals surface area contributed by atoms with Gasteiger partial charge in [0.15, 0.2) is 0 Å². The van der Waals surface area contributed by atoms with Crippen molar-refractivity contribution in [3.8, 4) is 0 Å². The van der Waals surface area contributed by atoms with Crippen molar-refractivity contribution in [3.63, 3.8) is 0 Å². The Kier molecular flexibility index (Phi) is 4.14. The van der Waals surface area contributed by atoms with Crippen LogP contribution in [0.15, 0.2) is 0 Å². The molecular weight excluding hydrogens is 192 g/mol. The van der Waals surface area contributed by atoms with Crippen molar-refractivity contribution < 1.29 is 14.6 Å². The van der Waals surface area contributed by atoms with Crippen LogP contribution in [-0.4, -0.2) is 22.8 Å². The molecule has 3 nitrogen and oxygen atoms in total. The Labute approximate surface area is 91.8 Å². The number of carbonyl (C=O) groups is 1. The molecule has 1 rings (SSSR count). The number of carbonyl (C=O) groups excluding carboxylic acids is 1. The second-order valence-electron chi connectivity index (χ2n) is 4.84. The number of aliphatic hydroxyl groups is 1. The summed E-state index contributed by atoms with van der Waals surface area (Å²) >= 11 is 0. The lowest BCUT2D eigenvalue weighted by molar-refractivity contribution is -0.173. The third kappa shape index (κ3) is 3.20. The summed E-state index contributed by atoms with van der Waals surface area (Å²) in [6.07, 6.45) is 4.04. The van der Waals surface area contributed by atoms with Crippen molar-refractivity contribution in [3.05, 3.63) is 0 Å². The molecule has 0 aromatic heterocycles. The predicted molar refractivity (Wildman–Crippen MR) is 58.4 cm³/mol. The second-order valence-corrected chi connectivity index (χ2v) is 4.84. The maximum Gasteiger partial charge on any atom is 0.309 e. The van der Waals surface area contributed by atoms with Gasteiger partial charge in [-0.1, -0.05) is 20.3 Å². The van der Waals surface area contributed by atoms with Crippen LogP contribution >= 0.6 is 0 Å². The van der Waals surface area contributed by atoms with E-state index in [9.17, 15) is 9.90 Å². The van der Waals surface area contributed by atoms with Gasteiger partial charge in [-0.05, 0) is 32.6 Å². The van der Waals surface area contributed by atoms with Crippen LogP contribution in [0.4, 0.5) is 0 Å². The van der Waals surface area contributed by atoms with Gasteiger partial charge in [0.05, 0.1) is 11.5 Å². The molecule has 0 aromatic carbocycles.